The second-order valence-corrected chi connectivity index (χ2v) is 2.12. The quantitative estimate of drug-likeness (QED) is 0.764. The number of amides is 1. The molecule has 0 radical (unpaired) electrons. The summed E-state index contributed by atoms with van der Waals surface area (Å²) in [6.07, 6.45) is -2.69. The largest absolute Gasteiger partial charge is 0.411 e. The van der Waals surface area contributed by atoms with Crippen molar-refractivity contribution in [1.82, 2.24) is 4.98 Å². The number of pyridine rings is 1. The van der Waals surface area contributed by atoms with Gasteiger partial charge in [-0.1, -0.05) is 0 Å². The number of nitrogens with zero attached hydrogens (tertiary/aromatic N) is 1. The molecule has 6 heteroatoms. The highest BCUT2D eigenvalue weighted by atomic mass is 19.3. The first-order valence-corrected chi connectivity index (χ1v) is 3.31. The first kappa shape index (κ1) is 9.37. The van der Waals surface area contributed by atoms with Crippen molar-refractivity contribution in [2.24, 2.45) is 5.73 Å². The minimum atomic E-state index is -2.75. The molecule has 1 aromatic rings. The Balaban J connectivity index is 2.97. The van der Waals surface area contributed by atoms with Crippen molar-refractivity contribution in [3.05, 3.63) is 23.9 Å². The first-order chi connectivity index (χ1) is 6.11. The van der Waals surface area contributed by atoms with Crippen molar-refractivity contribution in [2.75, 3.05) is 0 Å². The number of alkyl halides is 2. The maximum Gasteiger partial charge on any atom is 0.411 e. The van der Waals surface area contributed by atoms with Crippen LogP contribution in [0.25, 0.3) is 0 Å². The number of nitrogens with two attached hydrogens (primary N) is 1. The van der Waals surface area contributed by atoms with Gasteiger partial charge in [-0.3, -0.25) is 0 Å². The van der Waals surface area contributed by atoms with Crippen molar-refractivity contribution in [3.63, 3.8) is 0 Å². The summed E-state index contributed by atoms with van der Waals surface area (Å²) < 4.78 is 28.7. The molecule has 0 aliphatic carbocycles. The van der Waals surface area contributed by atoms with Crippen LogP contribution in [0, 0.1) is 0 Å². The zero-order valence-electron chi connectivity index (χ0n) is 6.41. The minimum absolute atomic E-state index is 0.454. The van der Waals surface area contributed by atoms with E-state index >= 15 is 0 Å². The van der Waals surface area contributed by atoms with Gasteiger partial charge in [-0.15, -0.1) is 0 Å². The number of halogens is 2. The molecule has 0 aromatic carbocycles. The van der Waals surface area contributed by atoms with Crippen LogP contribution in [0.1, 0.15) is 12.0 Å². The molecule has 0 aliphatic heterocycles. The van der Waals surface area contributed by atoms with E-state index in [0.29, 0.717) is 0 Å². The van der Waals surface area contributed by atoms with Crippen LogP contribution in [0.3, 0.4) is 0 Å². The molecule has 0 saturated heterocycles. The fourth-order valence-electron chi connectivity index (χ4n) is 0.750. The van der Waals surface area contributed by atoms with E-state index in [9.17, 15) is 13.6 Å². The Morgan fingerprint density at radius 3 is 2.85 bits per heavy atom. The van der Waals surface area contributed by atoms with E-state index in [4.69, 9.17) is 0 Å². The Labute approximate surface area is 72.3 Å². The SMILES string of the molecule is NC(=O)Oc1ncccc1C(F)F. The van der Waals surface area contributed by atoms with E-state index < -0.39 is 24.0 Å². The lowest BCUT2D eigenvalue weighted by molar-refractivity contribution is 0.145. The number of hydrogen-bond acceptors (Lipinski definition) is 3. The molecule has 0 bridgehead atoms. The smallest absolute Gasteiger partial charge is 0.391 e. The summed E-state index contributed by atoms with van der Waals surface area (Å²) in [6.45, 7) is 0. The van der Waals surface area contributed by atoms with E-state index in [0.717, 1.165) is 6.07 Å². The Bertz CT molecular complexity index is 317. The molecule has 1 aromatic heterocycles. The maximum absolute atomic E-state index is 12.2. The summed E-state index contributed by atoms with van der Waals surface area (Å²) in [5, 5.41) is 0. The van der Waals surface area contributed by atoms with E-state index in [-0.39, 0.29) is 0 Å². The van der Waals surface area contributed by atoms with Crippen LogP contribution in [0.15, 0.2) is 18.3 Å². The Morgan fingerprint density at radius 1 is 1.62 bits per heavy atom. The van der Waals surface area contributed by atoms with E-state index in [1.807, 2.05) is 0 Å². The fourth-order valence-corrected chi connectivity index (χ4v) is 0.750. The second kappa shape index (κ2) is 3.79. The molecule has 0 spiro atoms. The summed E-state index contributed by atoms with van der Waals surface area (Å²) in [5.41, 5.74) is 4.19. The van der Waals surface area contributed by atoms with Crippen LogP contribution >= 0.6 is 0 Å². The highest BCUT2D eigenvalue weighted by molar-refractivity contribution is 5.67. The Kier molecular flexibility index (Phi) is 2.73. The van der Waals surface area contributed by atoms with Gasteiger partial charge in [0.05, 0.1) is 5.56 Å². The standard InChI is InChI=1S/C7H6F2N2O2/c8-5(9)4-2-1-3-11-6(4)13-7(10)12/h1-3,5H,(H2,10,12). The molecule has 0 atom stereocenters. The molecule has 4 nitrogen and oxygen atoms in total. The lowest BCUT2D eigenvalue weighted by Crippen LogP contribution is -2.17. The van der Waals surface area contributed by atoms with Gasteiger partial charge in [0.1, 0.15) is 0 Å². The number of hydrogen-bond donors (Lipinski definition) is 1. The summed E-state index contributed by atoms with van der Waals surface area (Å²) >= 11 is 0. The van der Waals surface area contributed by atoms with Crippen molar-refractivity contribution < 1.29 is 18.3 Å². The third-order valence-electron chi connectivity index (χ3n) is 1.23. The molecule has 1 rings (SSSR count). The van der Waals surface area contributed by atoms with Crippen molar-refractivity contribution in [3.8, 4) is 5.88 Å². The minimum Gasteiger partial charge on any atom is -0.391 e. The molecule has 0 fully saturated rings. The molecule has 1 heterocycles. The number of aromatic nitrogens is 1. The molecule has 13 heavy (non-hydrogen) atoms. The topological polar surface area (TPSA) is 65.2 Å². The summed E-state index contributed by atoms with van der Waals surface area (Å²) in [5.74, 6) is -0.454. The van der Waals surface area contributed by atoms with Gasteiger partial charge in [-0.05, 0) is 12.1 Å². The summed E-state index contributed by atoms with van der Waals surface area (Å²) in [4.78, 5) is 13.7. The number of carbonyl (C=O) groups is 1. The van der Waals surface area contributed by atoms with Crippen LogP contribution < -0.4 is 10.5 Å². The monoisotopic (exact) mass is 188 g/mol. The molecule has 1 amide bonds. The van der Waals surface area contributed by atoms with Crippen LogP contribution in [0.4, 0.5) is 13.6 Å². The Hall–Kier alpha value is -1.72. The van der Waals surface area contributed by atoms with Crippen LogP contribution in [0.2, 0.25) is 0 Å². The van der Waals surface area contributed by atoms with Gasteiger partial charge in [0.15, 0.2) is 0 Å². The number of rotatable bonds is 2. The van der Waals surface area contributed by atoms with Crippen LogP contribution in [-0.4, -0.2) is 11.1 Å². The van der Waals surface area contributed by atoms with Gasteiger partial charge in [0.25, 0.3) is 6.43 Å². The third kappa shape index (κ3) is 2.36. The second-order valence-electron chi connectivity index (χ2n) is 2.12. The van der Waals surface area contributed by atoms with Gasteiger partial charge in [0.2, 0.25) is 5.88 Å². The summed E-state index contributed by atoms with van der Waals surface area (Å²) in [6, 6.07) is 2.42. The molecule has 0 aliphatic rings. The van der Waals surface area contributed by atoms with Crippen LogP contribution in [-0.2, 0) is 0 Å². The molecular weight excluding hydrogens is 182 g/mol. The average Bonchev–Trinajstić information content (AvgIpc) is 2.03. The number of carbonyl (C=O) groups excluding carboxylic acids is 1. The van der Waals surface area contributed by atoms with Crippen molar-refractivity contribution >= 4 is 6.09 Å². The molecule has 0 saturated carbocycles. The fraction of sp³-hybridized carbons (Fsp3) is 0.143. The predicted octanol–water partition coefficient (Wildman–Crippen LogP) is 1.48. The van der Waals surface area contributed by atoms with Crippen molar-refractivity contribution in [1.29, 1.82) is 0 Å². The molecule has 0 unspecified atom stereocenters. The number of ether oxygens (including phenoxy) is 1. The average molecular weight is 188 g/mol. The Morgan fingerprint density at radius 2 is 2.31 bits per heavy atom. The normalized spacial score (nSPS) is 10.1. The third-order valence-corrected chi connectivity index (χ3v) is 1.23. The molecule has 70 valence electrons. The summed E-state index contributed by atoms with van der Waals surface area (Å²) in [7, 11) is 0. The predicted molar refractivity (Wildman–Crippen MR) is 39.4 cm³/mol. The molecular formula is C7H6F2N2O2. The highest BCUT2D eigenvalue weighted by Gasteiger charge is 2.15. The van der Waals surface area contributed by atoms with E-state index in [1.54, 1.807) is 0 Å². The van der Waals surface area contributed by atoms with Gasteiger partial charge in [0, 0.05) is 6.20 Å². The lowest BCUT2D eigenvalue weighted by Gasteiger charge is -2.04. The van der Waals surface area contributed by atoms with Gasteiger partial charge >= 0.3 is 6.09 Å². The maximum atomic E-state index is 12.2. The van der Waals surface area contributed by atoms with Crippen LogP contribution in [0.5, 0.6) is 5.88 Å². The van der Waals surface area contributed by atoms with E-state index in [2.05, 4.69) is 15.5 Å². The first-order valence-electron chi connectivity index (χ1n) is 3.31. The van der Waals surface area contributed by atoms with Crippen molar-refractivity contribution in [2.45, 2.75) is 6.43 Å². The van der Waals surface area contributed by atoms with E-state index in [1.165, 1.54) is 12.3 Å². The molecule has 2 N–H and O–H groups in total. The lowest BCUT2D eigenvalue weighted by atomic mass is 10.3. The van der Waals surface area contributed by atoms with Gasteiger partial charge in [-0.25, -0.2) is 18.6 Å². The zero-order valence-corrected chi connectivity index (χ0v) is 6.41. The highest BCUT2D eigenvalue weighted by Crippen LogP contribution is 2.26. The number of primary amides is 1. The zero-order chi connectivity index (χ0) is 9.84. The van der Waals surface area contributed by atoms with Gasteiger partial charge in [-0.2, -0.15) is 0 Å². The van der Waals surface area contributed by atoms with Gasteiger partial charge < -0.3 is 10.5 Å².